The van der Waals surface area contributed by atoms with E-state index in [0.717, 1.165) is 0 Å². The molecule has 0 aliphatic carbocycles. The van der Waals surface area contributed by atoms with Gasteiger partial charge >= 0.3 is 12.0 Å². The molecule has 110 valence electrons. The Bertz CT molecular complexity index is 331. The molecule has 0 heterocycles. The fourth-order valence-electron chi connectivity index (χ4n) is 1.38. The van der Waals surface area contributed by atoms with Crippen molar-refractivity contribution in [1.29, 1.82) is 0 Å². The lowest BCUT2D eigenvalue weighted by Gasteiger charge is -2.23. The Morgan fingerprint density at radius 2 is 1.84 bits per heavy atom. The number of carbonyl (C=O) groups is 3. The van der Waals surface area contributed by atoms with Crippen molar-refractivity contribution in [2.75, 3.05) is 33.7 Å². The maximum atomic E-state index is 11.8. The van der Waals surface area contributed by atoms with Gasteiger partial charge in [-0.3, -0.25) is 9.59 Å². The van der Waals surface area contributed by atoms with Crippen LogP contribution in [0.15, 0.2) is 0 Å². The van der Waals surface area contributed by atoms with Crippen molar-refractivity contribution in [2.45, 2.75) is 20.3 Å². The highest BCUT2D eigenvalue weighted by Gasteiger charge is 2.17. The Morgan fingerprint density at radius 3 is 2.26 bits per heavy atom. The average molecular weight is 273 g/mol. The van der Waals surface area contributed by atoms with E-state index in [1.165, 1.54) is 9.80 Å². The standard InChI is InChI=1S/C12H23N3O4/c1-5-15(8-10(16)14(3)4)12(19)13-7-9(2)6-11(17)18/h9H,5-8H2,1-4H3,(H,13,19)(H,17,18). The second-order valence-corrected chi connectivity index (χ2v) is 4.69. The molecular formula is C12H23N3O4. The normalized spacial score (nSPS) is 11.6. The van der Waals surface area contributed by atoms with Gasteiger partial charge in [0.1, 0.15) is 6.54 Å². The SMILES string of the molecule is CCN(CC(=O)N(C)C)C(=O)NCC(C)CC(=O)O. The van der Waals surface area contributed by atoms with E-state index in [0.29, 0.717) is 6.54 Å². The van der Waals surface area contributed by atoms with Crippen LogP contribution in [-0.2, 0) is 9.59 Å². The smallest absolute Gasteiger partial charge is 0.317 e. The Morgan fingerprint density at radius 1 is 1.26 bits per heavy atom. The first kappa shape index (κ1) is 17.2. The van der Waals surface area contributed by atoms with Crippen LogP contribution in [0.1, 0.15) is 20.3 Å². The van der Waals surface area contributed by atoms with Crippen molar-refractivity contribution in [2.24, 2.45) is 5.92 Å². The monoisotopic (exact) mass is 273 g/mol. The number of nitrogens with one attached hydrogen (secondary N) is 1. The van der Waals surface area contributed by atoms with Crippen molar-refractivity contribution in [3.05, 3.63) is 0 Å². The van der Waals surface area contributed by atoms with Crippen LogP contribution in [0.3, 0.4) is 0 Å². The van der Waals surface area contributed by atoms with Gasteiger partial charge < -0.3 is 20.2 Å². The molecule has 7 heteroatoms. The summed E-state index contributed by atoms with van der Waals surface area (Å²) in [6.07, 6.45) is 0.00301. The molecule has 0 aromatic heterocycles. The highest BCUT2D eigenvalue weighted by Crippen LogP contribution is 2.00. The summed E-state index contributed by atoms with van der Waals surface area (Å²) >= 11 is 0. The molecule has 0 aliphatic heterocycles. The van der Waals surface area contributed by atoms with Crippen LogP contribution in [0.5, 0.6) is 0 Å². The molecule has 2 N–H and O–H groups in total. The Balaban J connectivity index is 4.22. The third-order valence-electron chi connectivity index (χ3n) is 2.62. The van der Waals surface area contributed by atoms with Gasteiger partial charge in [-0.2, -0.15) is 0 Å². The molecule has 19 heavy (non-hydrogen) atoms. The lowest BCUT2D eigenvalue weighted by atomic mass is 10.1. The summed E-state index contributed by atoms with van der Waals surface area (Å²) in [6.45, 7) is 4.23. The molecule has 1 atom stereocenters. The van der Waals surface area contributed by atoms with Gasteiger partial charge in [-0.05, 0) is 12.8 Å². The molecule has 0 aromatic carbocycles. The highest BCUT2D eigenvalue weighted by molar-refractivity contribution is 5.83. The zero-order valence-electron chi connectivity index (χ0n) is 12.0. The summed E-state index contributed by atoms with van der Waals surface area (Å²) in [6, 6.07) is -0.352. The maximum Gasteiger partial charge on any atom is 0.317 e. The molecule has 1 unspecified atom stereocenters. The lowest BCUT2D eigenvalue weighted by molar-refractivity contribution is -0.138. The number of hydrogen-bond acceptors (Lipinski definition) is 3. The molecule has 0 fully saturated rings. The Labute approximate surface area is 113 Å². The number of urea groups is 1. The number of amides is 3. The molecule has 0 rings (SSSR count). The van der Waals surface area contributed by atoms with Crippen LogP contribution in [-0.4, -0.2) is 66.5 Å². The van der Waals surface area contributed by atoms with E-state index in [4.69, 9.17) is 5.11 Å². The number of carbonyl (C=O) groups excluding carboxylic acids is 2. The first-order valence-corrected chi connectivity index (χ1v) is 6.22. The summed E-state index contributed by atoms with van der Waals surface area (Å²) in [5, 5.41) is 11.2. The van der Waals surface area contributed by atoms with Crippen molar-refractivity contribution < 1.29 is 19.5 Å². The minimum Gasteiger partial charge on any atom is -0.481 e. The van der Waals surface area contributed by atoms with E-state index >= 15 is 0 Å². The van der Waals surface area contributed by atoms with Gasteiger partial charge in [0.25, 0.3) is 0 Å². The summed E-state index contributed by atoms with van der Waals surface area (Å²) in [5.41, 5.74) is 0. The third kappa shape index (κ3) is 7.28. The Hall–Kier alpha value is -1.79. The fraction of sp³-hybridized carbons (Fsp3) is 0.750. The number of rotatable bonds is 7. The first-order chi connectivity index (χ1) is 8.77. The summed E-state index contributed by atoms with van der Waals surface area (Å²) in [5.74, 6) is -1.20. The van der Waals surface area contributed by atoms with E-state index in [2.05, 4.69) is 5.32 Å². The predicted octanol–water partition coefficient (Wildman–Crippen LogP) is 0.217. The second kappa shape index (κ2) is 8.34. The van der Waals surface area contributed by atoms with E-state index in [-0.39, 0.29) is 37.4 Å². The number of carboxylic acids is 1. The van der Waals surface area contributed by atoms with Crippen LogP contribution >= 0.6 is 0 Å². The van der Waals surface area contributed by atoms with Gasteiger partial charge in [0.05, 0.1) is 0 Å². The summed E-state index contributed by atoms with van der Waals surface area (Å²) < 4.78 is 0. The number of hydrogen-bond donors (Lipinski definition) is 2. The Kier molecular flexibility index (Phi) is 7.55. The van der Waals surface area contributed by atoms with Crippen molar-refractivity contribution >= 4 is 17.9 Å². The molecule has 0 spiro atoms. The number of nitrogens with zero attached hydrogens (tertiary/aromatic N) is 2. The highest BCUT2D eigenvalue weighted by atomic mass is 16.4. The molecule has 0 saturated heterocycles. The first-order valence-electron chi connectivity index (χ1n) is 6.22. The fourth-order valence-corrected chi connectivity index (χ4v) is 1.38. The third-order valence-corrected chi connectivity index (χ3v) is 2.62. The van der Waals surface area contributed by atoms with E-state index in [9.17, 15) is 14.4 Å². The van der Waals surface area contributed by atoms with Gasteiger partial charge in [-0.1, -0.05) is 6.92 Å². The van der Waals surface area contributed by atoms with Gasteiger partial charge in [-0.15, -0.1) is 0 Å². The van der Waals surface area contributed by atoms with Gasteiger partial charge in [0.2, 0.25) is 5.91 Å². The molecule has 0 saturated carbocycles. The molecule has 0 bridgehead atoms. The van der Waals surface area contributed by atoms with Crippen LogP contribution < -0.4 is 5.32 Å². The molecule has 0 aliphatic rings. The van der Waals surface area contributed by atoms with Gasteiger partial charge in [0, 0.05) is 33.6 Å². The minimum atomic E-state index is -0.892. The number of aliphatic carboxylic acids is 1. The molecule has 0 aromatic rings. The maximum absolute atomic E-state index is 11.8. The number of likely N-dealkylation sites (N-methyl/N-ethyl adjacent to an activating group) is 2. The second-order valence-electron chi connectivity index (χ2n) is 4.69. The predicted molar refractivity (Wildman–Crippen MR) is 70.8 cm³/mol. The zero-order chi connectivity index (χ0) is 15.0. The van der Waals surface area contributed by atoms with Crippen LogP contribution in [0.4, 0.5) is 4.79 Å². The van der Waals surface area contributed by atoms with Crippen LogP contribution in [0.25, 0.3) is 0 Å². The van der Waals surface area contributed by atoms with Crippen LogP contribution in [0, 0.1) is 5.92 Å². The van der Waals surface area contributed by atoms with Crippen molar-refractivity contribution in [1.82, 2.24) is 15.1 Å². The van der Waals surface area contributed by atoms with Crippen molar-refractivity contribution in [3.8, 4) is 0 Å². The summed E-state index contributed by atoms with van der Waals surface area (Å²) in [7, 11) is 3.26. The van der Waals surface area contributed by atoms with Crippen LogP contribution in [0.2, 0.25) is 0 Å². The zero-order valence-corrected chi connectivity index (χ0v) is 12.0. The minimum absolute atomic E-state index is 0.00301. The van der Waals surface area contributed by atoms with E-state index < -0.39 is 5.97 Å². The van der Waals surface area contributed by atoms with Crippen molar-refractivity contribution in [3.63, 3.8) is 0 Å². The number of carboxylic acid groups (broad SMARTS) is 1. The van der Waals surface area contributed by atoms with E-state index in [1.54, 1.807) is 27.9 Å². The quantitative estimate of drug-likeness (QED) is 0.694. The van der Waals surface area contributed by atoms with E-state index in [1.807, 2.05) is 0 Å². The average Bonchev–Trinajstić information content (AvgIpc) is 2.31. The molecule has 0 radical (unpaired) electrons. The largest absolute Gasteiger partial charge is 0.481 e. The lowest BCUT2D eigenvalue weighted by Crippen LogP contribution is -2.46. The molecule has 3 amide bonds. The van der Waals surface area contributed by atoms with Gasteiger partial charge in [-0.25, -0.2) is 4.79 Å². The summed E-state index contributed by atoms with van der Waals surface area (Å²) in [4.78, 5) is 36.6. The van der Waals surface area contributed by atoms with Gasteiger partial charge in [0.15, 0.2) is 0 Å². The topological polar surface area (TPSA) is 90.0 Å². The molecular weight excluding hydrogens is 250 g/mol. The molecule has 7 nitrogen and oxygen atoms in total.